The van der Waals surface area contributed by atoms with Gasteiger partial charge in [-0.3, -0.25) is 0 Å². The van der Waals surface area contributed by atoms with Gasteiger partial charge in [-0.2, -0.15) is 0 Å². The third-order valence-electron chi connectivity index (χ3n) is 3.10. The van der Waals surface area contributed by atoms with Crippen LogP contribution >= 0.6 is 15.9 Å². The topological polar surface area (TPSA) is 25.2 Å². The Morgan fingerprint density at radius 2 is 1.95 bits per heavy atom. The van der Waals surface area contributed by atoms with E-state index in [1.54, 1.807) is 6.07 Å². The van der Waals surface area contributed by atoms with Gasteiger partial charge >= 0.3 is 0 Å². The van der Waals surface area contributed by atoms with Crippen LogP contribution in [0.4, 0.5) is 4.39 Å². The van der Waals surface area contributed by atoms with Gasteiger partial charge in [-0.25, -0.2) is 4.39 Å². The molecule has 1 aromatic heterocycles. The molecule has 104 valence electrons. The lowest BCUT2D eigenvalue weighted by Gasteiger charge is -2.10. The number of fused-ring (bicyclic) bond motifs is 1. The van der Waals surface area contributed by atoms with E-state index in [9.17, 15) is 4.39 Å². The first-order valence-electron chi connectivity index (χ1n) is 6.54. The summed E-state index contributed by atoms with van der Waals surface area (Å²) in [6.07, 6.45) is 0. The second-order valence-corrected chi connectivity index (χ2v) is 6.22. The predicted octanol–water partition coefficient (Wildman–Crippen LogP) is 4.96. The van der Waals surface area contributed by atoms with E-state index in [2.05, 4.69) is 48.9 Å². The highest BCUT2D eigenvalue weighted by atomic mass is 79.9. The molecule has 0 atom stereocenters. The molecule has 0 aliphatic rings. The first-order chi connectivity index (χ1) is 8.91. The summed E-state index contributed by atoms with van der Waals surface area (Å²) >= 11 is 3.43. The van der Waals surface area contributed by atoms with Crippen molar-refractivity contribution in [3.05, 3.63) is 33.7 Å². The Hall–Kier alpha value is -0.870. The molecular weight excluding hydrogens is 309 g/mol. The molecule has 0 amide bonds. The van der Waals surface area contributed by atoms with E-state index in [0.29, 0.717) is 23.6 Å². The maximum atomic E-state index is 14.1. The highest BCUT2D eigenvalue weighted by molar-refractivity contribution is 9.10. The second-order valence-electron chi connectivity index (χ2n) is 5.36. The Kier molecular flexibility index (Phi) is 4.31. The Bertz CT molecular complexity index is 589. The summed E-state index contributed by atoms with van der Waals surface area (Å²) in [7, 11) is 0. The van der Waals surface area contributed by atoms with Gasteiger partial charge in [0, 0.05) is 11.6 Å². The third-order valence-corrected chi connectivity index (χ3v) is 3.73. The molecule has 1 heterocycles. The van der Waals surface area contributed by atoms with Crippen molar-refractivity contribution in [2.24, 2.45) is 0 Å². The molecule has 0 saturated carbocycles. The average molecular weight is 328 g/mol. The number of hydrogen-bond donors (Lipinski definition) is 1. The van der Waals surface area contributed by atoms with Crippen molar-refractivity contribution in [3.63, 3.8) is 0 Å². The number of halogens is 2. The van der Waals surface area contributed by atoms with Gasteiger partial charge in [-0.1, -0.05) is 27.7 Å². The van der Waals surface area contributed by atoms with Crippen molar-refractivity contribution >= 4 is 26.9 Å². The molecule has 0 radical (unpaired) electrons. The van der Waals surface area contributed by atoms with Crippen molar-refractivity contribution in [3.8, 4) is 0 Å². The molecule has 0 bridgehead atoms. The van der Waals surface area contributed by atoms with Crippen LogP contribution in [0.2, 0.25) is 0 Å². The zero-order valence-electron chi connectivity index (χ0n) is 11.7. The molecule has 2 nitrogen and oxygen atoms in total. The van der Waals surface area contributed by atoms with Gasteiger partial charge in [-0.05, 0) is 34.0 Å². The molecular formula is C15H19BrFNO. The van der Waals surface area contributed by atoms with Crippen LogP contribution in [0.3, 0.4) is 0 Å². The van der Waals surface area contributed by atoms with Gasteiger partial charge in [0.2, 0.25) is 0 Å². The molecule has 19 heavy (non-hydrogen) atoms. The molecule has 0 aliphatic carbocycles. The smallest absolute Gasteiger partial charge is 0.151 e. The van der Waals surface area contributed by atoms with E-state index in [1.807, 2.05) is 0 Å². The van der Waals surface area contributed by atoms with Gasteiger partial charge in [0.15, 0.2) is 5.58 Å². The number of furan rings is 1. The summed E-state index contributed by atoms with van der Waals surface area (Å²) in [6, 6.07) is 3.53. The fraction of sp³-hybridized carbons (Fsp3) is 0.467. The van der Waals surface area contributed by atoms with Gasteiger partial charge in [0.25, 0.3) is 0 Å². The Labute approximate surface area is 121 Å². The quantitative estimate of drug-likeness (QED) is 0.858. The van der Waals surface area contributed by atoms with Crippen LogP contribution in [0.25, 0.3) is 11.0 Å². The minimum atomic E-state index is -0.221. The highest BCUT2D eigenvalue weighted by Crippen LogP contribution is 2.37. The molecule has 0 saturated heterocycles. The predicted molar refractivity (Wildman–Crippen MR) is 79.9 cm³/mol. The zero-order valence-corrected chi connectivity index (χ0v) is 13.3. The minimum Gasteiger partial charge on any atom is -0.458 e. The second kappa shape index (κ2) is 5.63. The van der Waals surface area contributed by atoms with Gasteiger partial charge in [-0.15, -0.1) is 0 Å². The van der Waals surface area contributed by atoms with Gasteiger partial charge in [0.1, 0.15) is 11.6 Å². The number of nitrogens with one attached hydrogen (secondary N) is 1. The molecule has 1 N–H and O–H groups in total. The van der Waals surface area contributed by atoms with Crippen molar-refractivity contribution in [1.29, 1.82) is 0 Å². The standard InChI is InChI=1S/C15H19BrFNO/c1-8(2)13-12(7-18-9(3)4)19-15-10(16)5-6-11(17)14(13)15/h5-6,8-9,18H,7H2,1-4H3. The van der Waals surface area contributed by atoms with E-state index in [0.717, 1.165) is 15.8 Å². The summed E-state index contributed by atoms with van der Waals surface area (Å²) < 4.78 is 20.8. The zero-order chi connectivity index (χ0) is 14.2. The fourth-order valence-corrected chi connectivity index (χ4v) is 2.65. The maximum absolute atomic E-state index is 14.1. The number of hydrogen-bond acceptors (Lipinski definition) is 2. The van der Waals surface area contributed by atoms with E-state index >= 15 is 0 Å². The monoisotopic (exact) mass is 327 g/mol. The molecule has 2 aromatic rings. The summed E-state index contributed by atoms with van der Waals surface area (Å²) in [4.78, 5) is 0. The summed E-state index contributed by atoms with van der Waals surface area (Å²) in [5.74, 6) is 0.819. The highest BCUT2D eigenvalue weighted by Gasteiger charge is 2.21. The molecule has 0 unspecified atom stereocenters. The molecule has 0 spiro atoms. The lowest BCUT2D eigenvalue weighted by atomic mass is 9.99. The van der Waals surface area contributed by atoms with Crippen LogP contribution < -0.4 is 5.32 Å². The number of rotatable bonds is 4. The lowest BCUT2D eigenvalue weighted by Crippen LogP contribution is -2.22. The summed E-state index contributed by atoms with van der Waals surface area (Å²) in [5.41, 5.74) is 1.56. The Morgan fingerprint density at radius 1 is 1.26 bits per heavy atom. The largest absolute Gasteiger partial charge is 0.458 e. The van der Waals surface area contributed by atoms with Crippen LogP contribution in [0, 0.1) is 5.82 Å². The molecule has 0 fully saturated rings. The van der Waals surface area contributed by atoms with Crippen LogP contribution in [0.5, 0.6) is 0 Å². The maximum Gasteiger partial charge on any atom is 0.151 e. The third kappa shape index (κ3) is 2.84. The van der Waals surface area contributed by atoms with Crippen molar-refractivity contribution in [2.75, 3.05) is 0 Å². The number of benzene rings is 1. The van der Waals surface area contributed by atoms with Crippen LogP contribution in [0.15, 0.2) is 21.0 Å². The van der Waals surface area contributed by atoms with Crippen LogP contribution in [0.1, 0.15) is 44.9 Å². The van der Waals surface area contributed by atoms with E-state index in [-0.39, 0.29) is 11.7 Å². The first-order valence-corrected chi connectivity index (χ1v) is 7.33. The average Bonchev–Trinajstić information content (AvgIpc) is 2.72. The normalized spacial score (nSPS) is 12.0. The summed E-state index contributed by atoms with van der Waals surface area (Å²) in [6.45, 7) is 8.89. The van der Waals surface area contributed by atoms with Crippen LogP contribution in [-0.2, 0) is 6.54 Å². The molecule has 4 heteroatoms. The Morgan fingerprint density at radius 3 is 2.53 bits per heavy atom. The Balaban J connectivity index is 2.60. The summed E-state index contributed by atoms with van der Waals surface area (Å²) in [5, 5.41) is 3.93. The first kappa shape index (κ1) is 14.5. The van der Waals surface area contributed by atoms with E-state index < -0.39 is 0 Å². The van der Waals surface area contributed by atoms with Crippen molar-refractivity contribution in [1.82, 2.24) is 5.32 Å². The molecule has 0 aliphatic heterocycles. The van der Waals surface area contributed by atoms with Gasteiger partial charge in [0.05, 0.1) is 16.4 Å². The van der Waals surface area contributed by atoms with Gasteiger partial charge < -0.3 is 9.73 Å². The van der Waals surface area contributed by atoms with Crippen molar-refractivity contribution < 1.29 is 8.81 Å². The van der Waals surface area contributed by atoms with E-state index in [1.165, 1.54) is 6.07 Å². The van der Waals surface area contributed by atoms with E-state index in [4.69, 9.17) is 4.42 Å². The molecule has 1 aromatic carbocycles. The fourth-order valence-electron chi connectivity index (χ4n) is 2.24. The SMILES string of the molecule is CC(C)NCc1oc2c(Br)ccc(F)c2c1C(C)C. The lowest BCUT2D eigenvalue weighted by molar-refractivity contribution is 0.480. The molecule has 2 rings (SSSR count). The minimum absolute atomic E-state index is 0.217. The van der Waals surface area contributed by atoms with Crippen molar-refractivity contribution in [2.45, 2.75) is 46.2 Å². The van der Waals surface area contributed by atoms with Crippen LogP contribution in [-0.4, -0.2) is 6.04 Å².